The van der Waals surface area contributed by atoms with E-state index in [1.54, 1.807) is 5.56 Å². The number of aryl methyl sites for hydroxylation is 1. The smallest absolute Gasteiger partial charge is 0.123 e. The van der Waals surface area contributed by atoms with Crippen LogP contribution >= 0.6 is 0 Å². The van der Waals surface area contributed by atoms with Crippen molar-refractivity contribution in [3.05, 3.63) is 70.7 Å². The summed E-state index contributed by atoms with van der Waals surface area (Å²) in [5, 5.41) is 1.41. The first-order valence-electron chi connectivity index (χ1n) is 9.93. The molecule has 2 nitrogen and oxygen atoms in total. The predicted octanol–water partition coefficient (Wildman–Crippen LogP) is 5.80. The molecule has 1 aromatic heterocycles. The number of hydrogen-bond acceptors (Lipinski definition) is 1. The molecule has 1 saturated heterocycles. The van der Waals surface area contributed by atoms with Gasteiger partial charge in [-0.3, -0.25) is 4.90 Å². The number of hydrogen-bond donors (Lipinski definition) is 0. The molecule has 0 bridgehead atoms. The van der Waals surface area contributed by atoms with Gasteiger partial charge in [-0.2, -0.15) is 0 Å². The van der Waals surface area contributed by atoms with Gasteiger partial charge in [0, 0.05) is 36.3 Å². The number of benzene rings is 2. The zero-order chi connectivity index (χ0) is 18.5. The minimum atomic E-state index is -0.188. The quantitative estimate of drug-likeness (QED) is 0.561. The Hall–Kier alpha value is -2.39. The molecule has 1 atom stereocenters. The highest BCUT2D eigenvalue weighted by atomic mass is 19.1. The van der Waals surface area contributed by atoms with Gasteiger partial charge in [-0.15, -0.1) is 0 Å². The van der Waals surface area contributed by atoms with Gasteiger partial charge in [0.15, 0.2) is 0 Å². The maximum absolute atomic E-state index is 13.3. The van der Waals surface area contributed by atoms with Crippen LogP contribution < -0.4 is 0 Å². The highest BCUT2D eigenvalue weighted by Crippen LogP contribution is 2.43. The van der Waals surface area contributed by atoms with Gasteiger partial charge < -0.3 is 4.57 Å². The molecule has 2 aliphatic heterocycles. The van der Waals surface area contributed by atoms with Crippen molar-refractivity contribution in [2.75, 3.05) is 13.1 Å². The molecule has 1 fully saturated rings. The van der Waals surface area contributed by atoms with E-state index in [0.717, 1.165) is 24.1 Å². The average molecular weight is 360 g/mol. The SMILES string of the molecule is C/C(=C/n1c2c(c3cc(C)ccc31)C1CCCN1CC2)c1ccc(F)cc1. The lowest BCUT2D eigenvalue weighted by Gasteiger charge is -2.30. The van der Waals surface area contributed by atoms with Crippen LogP contribution in [0.1, 0.15) is 48.2 Å². The summed E-state index contributed by atoms with van der Waals surface area (Å²) in [6.45, 7) is 6.67. The molecule has 3 aromatic rings. The summed E-state index contributed by atoms with van der Waals surface area (Å²) >= 11 is 0. The molecule has 0 radical (unpaired) electrons. The van der Waals surface area contributed by atoms with Gasteiger partial charge in [-0.1, -0.05) is 23.8 Å². The van der Waals surface area contributed by atoms with Crippen molar-refractivity contribution in [3.63, 3.8) is 0 Å². The third-order valence-electron chi connectivity index (χ3n) is 6.26. The Morgan fingerprint density at radius 3 is 2.74 bits per heavy atom. The number of aromatic nitrogens is 1. The first-order chi connectivity index (χ1) is 13.1. The summed E-state index contributed by atoms with van der Waals surface area (Å²) in [5.41, 5.74) is 7.83. The van der Waals surface area contributed by atoms with Crippen molar-refractivity contribution >= 4 is 22.7 Å². The van der Waals surface area contributed by atoms with E-state index in [1.165, 1.54) is 53.7 Å². The fourth-order valence-corrected chi connectivity index (χ4v) is 4.93. The summed E-state index contributed by atoms with van der Waals surface area (Å²) in [6.07, 6.45) is 5.90. The molecule has 0 aliphatic carbocycles. The van der Waals surface area contributed by atoms with Crippen LogP contribution in [0.3, 0.4) is 0 Å². The highest BCUT2D eigenvalue weighted by Gasteiger charge is 2.35. The summed E-state index contributed by atoms with van der Waals surface area (Å²) in [4.78, 5) is 2.66. The van der Waals surface area contributed by atoms with Crippen molar-refractivity contribution in [3.8, 4) is 0 Å². The Balaban J connectivity index is 1.71. The van der Waals surface area contributed by atoms with Crippen LogP contribution in [0.15, 0.2) is 42.5 Å². The Labute approximate surface area is 159 Å². The second kappa shape index (κ2) is 6.35. The van der Waals surface area contributed by atoms with Gasteiger partial charge in [0.2, 0.25) is 0 Å². The predicted molar refractivity (Wildman–Crippen MR) is 110 cm³/mol. The standard InChI is InChI=1S/C24H25FN2/c1-16-5-10-21-20(14-16)24-22-4-3-12-26(22)13-11-23(24)27(21)15-17(2)18-6-8-19(25)9-7-18/h5-10,14-15,22H,3-4,11-13H2,1-2H3/b17-15-. The van der Waals surface area contributed by atoms with Crippen LogP contribution in [0.5, 0.6) is 0 Å². The van der Waals surface area contributed by atoms with Gasteiger partial charge in [-0.25, -0.2) is 4.39 Å². The fourth-order valence-electron chi connectivity index (χ4n) is 4.93. The first-order valence-corrected chi connectivity index (χ1v) is 9.93. The van der Waals surface area contributed by atoms with Crippen LogP contribution in [0.25, 0.3) is 22.7 Å². The van der Waals surface area contributed by atoms with E-state index in [0.29, 0.717) is 6.04 Å². The molecule has 0 saturated carbocycles. The Morgan fingerprint density at radius 1 is 1.11 bits per heavy atom. The van der Waals surface area contributed by atoms with E-state index < -0.39 is 0 Å². The van der Waals surface area contributed by atoms with Crippen molar-refractivity contribution in [2.24, 2.45) is 0 Å². The van der Waals surface area contributed by atoms with E-state index in [9.17, 15) is 4.39 Å². The van der Waals surface area contributed by atoms with Gasteiger partial charge in [-0.05, 0) is 74.2 Å². The molecule has 0 amide bonds. The van der Waals surface area contributed by atoms with Crippen LogP contribution in [0.4, 0.5) is 4.39 Å². The van der Waals surface area contributed by atoms with Crippen LogP contribution in [0.2, 0.25) is 0 Å². The summed E-state index contributed by atoms with van der Waals surface area (Å²) in [7, 11) is 0. The molecule has 0 spiro atoms. The van der Waals surface area contributed by atoms with Gasteiger partial charge in [0.1, 0.15) is 5.82 Å². The van der Waals surface area contributed by atoms with Crippen LogP contribution in [0, 0.1) is 12.7 Å². The number of halogens is 1. The lowest BCUT2D eigenvalue weighted by atomic mass is 9.95. The Bertz CT molecular complexity index is 1040. The van der Waals surface area contributed by atoms with Gasteiger partial charge in [0.05, 0.1) is 5.52 Å². The Morgan fingerprint density at radius 2 is 1.93 bits per heavy atom. The molecule has 1 unspecified atom stereocenters. The summed E-state index contributed by atoms with van der Waals surface area (Å²) in [5.74, 6) is -0.188. The maximum atomic E-state index is 13.3. The minimum Gasteiger partial charge on any atom is -0.320 e. The third kappa shape index (κ3) is 2.72. The normalized spacial score (nSPS) is 20.1. The topological polar surface area (TPSA) is 8.17 Å². The average Bonchev–Trinajstić information content (AvgIpc) is 3.25. The van der Waals surface area contributed by atoms with Crippen molar-refractivity contribution in [1.29, 1.82) is 0 Å². The van der Waals surface area contributed by atoms with E-state index >= 15 is 0 Å². The number of nitrogens with zero attached hydrogens (tertiary/aromatic N) is 2. The molecule has 0 N–H and O–H groups in total. The van der Waals surface area contributed by atoms with E-state index in [-0.39, 0.29) is 5.82 Å². The monoisotopic (exact) mass is 360 g/mol. The molecule has 5 rings (SSSR count). The minimum absolute atomic E-state index is 0.188. The molecule has 3 heteroatoms. The zero-order valence-corrected chi connectivity index (χ0v) is 16.0. The van der Waals surface area contributed by atoms with Crippen molar-refractivity contribution < 1.29 is 4.39 Å². The van der Waals surface area contributed by atoms with Gasteiger partial charge in [0.25, 0.3) is 0 Å². The Kier molecular flexibility index (Phi) is 3.94. The number of allylic oxidation sites excluding steroid dienone is 1. The van der Waals surface area contributed by atoms with Crippen molar-refractivity contribution in [1.82, 2.24) is 9.47 Å². The zero-order valence-electron chi connectivity index (χ0n) is 16.0. The highest BCUT2D eigenvalue weighted by molar-refractivity contribution is 5.91. The first kappa shape index (κ1) is 16.8. The molecular weight excluding hydrogens is 335 g/mol. The lowest BCUT2D eigenvalue weighted by Crippen LogP contribution is -2.31. The van der Waals surface area contributed by atoms with Crippen molar-refractivity contribution in [2.45, 2.75) is 39.2 Å². The lowest BCUT2D eigenvalue weighted by molar-refractivity contribution is 0.243. The van der Waals surface area contributed by atoms with Crippen LogP contribution in [-0.2, 0) is 6.42 Å². The van der Waals surface area contributed by atoms with Crippen LogP contribution in [-0.4, -0.2) is 22.6 Å². The second-order valence-corrected chi connectivity index (χ2v) is 8.01. The fraction of sp³-hybridized carbons (Fsp3) is 0.333. The second-order valence-electron chi connectivity index (χ2n) is 8.01. The maximum Gasteiger partial charge on any atom is 0.123 e. The molecule has 2 aliphatic rings. The third-order valence-corrected chi connectivity index (χ3v) is 6.26. The van der Waals surface area contributed by atoms with E-state index in [1.807, 2.05) is 12.1 Å². The number of fused-ring (bicyclic) bond motifs is 5. The number of rotatable bonds is 2. The molecular formula is C24H25FN2. The molecule has 138 valence electrons. The summed E-state index contributed by atoms with van der Waals surface area (Å²) < 4.78 is 15.7. The van der Waals surface area contributed by atoms with Gasteiger partial charge >= 0.3 is 0 Å². The summed E-state index contributed by atoms with van der Waals surface area (Å²) in [6, 6.07) is 14.2. The largest absolute Gasteiger partial charge is 0.320 e. The molecule has 27 heavy (non-hydrogen) atoms. The molecule has 2 aromatic carbocycles. The molecule has 3 heterocycles. The van der Waals surface area contributed by atoms with E-state index in [4.69, 9.17) is 0 Å². The van der Waals surface area contributed by atoms with E-state index in [2.05, 4.69) is 47.7 Å².